The minimum Gasteiger partial charge on any atom is -0.481 e. The SMILES string of the molecule is CNC(=O)c1nn(C)cc1NC(=O)c1ccn(CCC(=O)O)n1. The number of carbonyl (C=O) groups is 3. The van der Waals surface area contributed by atoms with Crippen LogP contribution in [-0.4, -0.2) is 49.5 Å². The number of carboxylic acids is 1. The Morgan fingerprint density at radius 3 is 2.65 bits per heavy atom. The van der Waals surface area contributed by atoms with E-state index in [4.69, 9.17) is 5.11 Å². The Hall–Kier alpha value is -3.17. The van der Waals surface area contributed by atoms with Crippen molar-refractivity contribution in [1.29, 1.82) is 0 Å². The second kappa shape index (κ2) is 6.73. The highest BCUT2D eigenvalue weighted by molar-refractivity contribution is 6.07. The number of nitrogens with one attached hydrogen (secondary N) is 2. The molecule has 23 heavy (non-hydrogen) atoms. The Kier molecular flexibility index (Phi) is 4.74. The van der Waals surface area contributed by atoms with Gasteiger partial charge in [-0.1, -0.05) is 0 Å². The zero-order chi connectivity index (χ0) is 17.0. The van der Waals surface area contributed by atoms with Crippen molar-refractivity contribution in [2.75, 3.05) is 12.4 Å². The van der Waals surface area contributed by atoms with Gasteiger partial charge in [0.05, 0.1) is 18.7 Å². The number of hydrogen-bond acceptors (Lipinski definition) is 5. The number of hydrogen-bond donors (Lipinski definition) is 3. The lowest BCUT2D eigenvalue weighted by atomic mass is 10.3. The molecule has 0 fully saturated rings. The number of rotatable bonds is 6. The topological polar surface area (TPSA) is 131 Å². The Balaban J connectivity index is 2.10. The van der Waals surface area contributed by atoms with Gasteiger partial charge in [0.2, 0.25) is 0 Å². The smallest absolute Gasteiger partial charge is 0.305 e. The normalized spacial score (nSPS) is 10.3. The van der Waals surface area contributed by atoms with Crippen LogP contribution in [0.25, 0.3) is 0 Å². The molecular weight excluding hydrogens is 304 g/mol. The van der Waals surface area contributed by atoms with Crippen molar-refractivity contribution in [3.05, 3.63) is 29.8 Å². The van der Waals surface area contributed by atoms with E-state index in [9.17, 15) is 14.4 Å². The number of nitrogens with zero attached hydrogens (tertiary/aromatic N) is 4. The van der Waals surface area contributed by atoms with Crippen molar-refractivity contribution >= 4 is 23.5 Å². The van der Waals surface area contributed by atoms with Crippen LogP contribution in [0.4, 0.5) is 5.69 Å². The maximum Gasteiger partial charge on any atom is 0.305 e. The molecule has 0 saturated carbocycles. The quantitative estimate of drug-likeness (QED) is 0.670. The first-order valence-electron chi connectivity index (χ1n) is 6.73. The zero-order valence-electron chi connectivity index (χ0n) is 12.6. The van der Waals surface area contributed by atoms with Crippen molar-refractivity contribution in [2.45, 2.75) is 13.0 Å². The molecule has 2 rings (SSSR count). The molecule has 0 unspecified atom stereocenters. The highest BCUT2D eigenvalue weighted by Crippen LogP contribution is 2.14. The van der Waals surface area contributed by atoms with E-state index >= 15 is 0 Å². The summed E-state index contributed by atoms with van der Waals surface area (Å²) in [6, 6.07) is 1.47. The standard InChI is InChI=1S/C13H16N6O4/c1-14-13(23)11-9(7-18(2)17-11)15-12(22)8-3-5-19(16-8)6-4-10(20)21/h3,5,7H,4,6H2,1-2H3,(H,14,23)(H,15,22)(H,20,21). The zero-order valence-corrected chi connectivity index (χ0v) is 12.6. The molecule has 122 valence electrons. The molecule has 0 bridgehead atoms. The molecule has 10 nitrogen and oxygen atoms in total. The highest BCUT2D eigenvalue weighted by atomic mass is 16.4. The lowest BCUT2D eigenvalue weighted by Gasteiger charge is -2.02. The summed E-state index contributed by atoms with van der Waals surface area (Å²) >= 11 is 0. The molecule has 2 heterocycles. The molecule has 2 aromatic rings. The van der Waals surface area contributed by atoms with Gasteiger partial charge in [-0.25, -0.2) is 0 Å². The van der Waals surface area contributed by atoms with Crippen LogP contribution < -0.4 is 10.6 Å². The molecule has 0 atom stereocenters. The first-order valence-corrected chi connectivity index (χ1v) is 6.73. The summed E-state index contributed by atoms with van der Waals surface area (Å²) in [5, 5.41) is 21.6. The molecule has 2 aromatic heterocycles. The fourth-order valence-electron chi connectivity index (χ4n) is 1.87. The van der Waals surface area contributed by atoms with E-state index in [-0.39, 0.29) is 30.0 Å². The number of aryl methyl sites for hydroxylation is 2. The largest absolute Gasteiger partial charge is 0.481 e. The van der Waals surface area contributed by atoms with E-state index in [0.29, 0.717) is 0 Å². The Labute approximate surface area is 131 Å². The van der Waals surface area contributed by atoms with Crippen LogP contribution in [0, 0.1) is 0 Å². The summed E-state index contributed by atoms with van der Waals surface area (Å²) in [5.74, 6) is -1.89. The van der Waals surface area contributed by atoms with Gasteiger partial charge in [-0.15, -0.1) is 0 Å². The summed E-state index contributed by atoms with van der Waals surface area (Å²) in [4.78, 5) is 34.4. The van der Waals surface area contributed by atoms with Gasteiger partial charge >= 0.3 is 5.97 Å². The predicted molar refractivity (Wildman–Crippen MR) is 79.0 cm³/mol. The third kappa shape index (κ3) is 3.93. The van der Waals surface area contributed by atoms with Crippen LogP contribution >= 0.6 is 0 Å². The minimum absolute atomic E-state index is 0.0911. The third-order valence-corrected chi connectivity index (χ3v) is 2.95. The highest BCUT2D eigenvalue weighted by Gasteiger charge is 2.18. The number of carboxylic acid groups (broad SMARTS) is 1. The van der Waals surface area contributed by atoms with Gasteiger partial charge in [0.25, 0.3) is 11.8 Å². The van der Waals surface area contributed by atoms with Gasteiger partial charge < -0.3 is 15.7 Å². The average Bonchev–Trinajstić information content (AvgIpc) is 3.11. The van der Waals surface area contributed by atoms with E-state index in [0.717, 1.165) is 0 Å². The van der Waals surface area contributed by atoms with Crippen LogP contribution in [0.15, 0.2) is 18.5 Å². The van der Waals surface area contributed by atoms with Gasteiger partial charge in [-0.05, 0) is 6.07 Å². The van der Waals surface area contributed by atoms with Crippen LogP contribution in [0.1, 0.15) is 27.4 Å². The van der Waals surface area contributed by atoms with Gasteiger partial charge in [0, 0.05) is 26.5 Å². The maximum absolute atomic E-state index is 12.2. The maximum atomic E-state index is 12.2. The molecule has 10 heteroatoms. The lowest BCUT2D eigenvalue weighted by Crippen LogP contribution is -2.21. The van der Waals surface area contributed by atoms with Crippen LogP contribution in [0.2, 0.25) is 0 Å². The summed E-state index contributed by atoms with van der Waals surface area (Å²) in [7, 11) is 3.09. The molecule has 0 saturated heterocycles. The molecule has 2 amide bonds. The number of aromatic nitrogens is 4. The van der Waals surface area contributed by atoms with Crippen LogP contribution in [0.5, 0.6) is 0 Å². The second-order valence-corrected chi connectivity index (χ2v) is 4.71. The fraction of sp³-hybridized carbons (Fsp3) is 0.308. The average molecular weight is 320 g/mol. The summed E-state index contributed by atoms with van der Waals surface area (Å²) in [6.45, 7) is 0.166. The van der Waals surface area contributed by atoms with Crippen molar-refractivity contribution in [2.24, 2.45) is 7.05 Å². The van der Waals surface area contributed by atoms with Crippen molar-refractivity contribution in [1.82, 2.24) is 24.9 Å². The molecule has 0 aliphatic carbocycles. The first-order chi connectivity index (χ1) is 10.9. The van der Waals surface area contributed by atoms with Crippen LogP contribution in [-0.2, 0) is 18.4 Å². The summed E-state index contributed by atoms with van der Waals surface area (Å²) in [5.41, 5.74) is 0.465. The fourth-order valence-corrected chi connectivity index (χ4v) is 1.87. The van der Waals surface area contributed by atoms with E-state index in [1.165, 1.54) is 34.9 Å². The van der Waals surface area contributed by atoms with Gasteiger partial charge in [-0.3, -0.25) is 23.7 Å². The lowest BCUT2D eigenvalue weighted by molar-refractivity contribution is -0.137. The number of carbonyl (C=O) groups excluding carboxylic acids is 2. The molecule has 0 spiro atoms. The van der Waals surface area contributed by atoms with E-state index in [1.54, 1.807) is 7.05 Å². The Morgan fingerprint density at radius 2 is 2.00 bits per heavy atom. The van der Waals surface area contributed by atoms with Crippen LogP contribution in [0.3, 0.4) is 0 Å². The molecule has 0 radical (unpaired) electrons. The molecule has 0 aliphatic heterocycles. The number of aliphatic carboxylic acids is 1. The van der Waals surface area contributed by atoms with Crippen molar-refractivity contribution in [3.63, 3.8) is 0 Å². The first kappa shape index (κ1) is 16.2. The third-order valence-electron chi connectivity index (χ3n) is 2.95. The molecular formula is C13H16N6O4. The number of amides is 2. The van der Waals surface area contributed by atoms with Gasteiger partial charge in [0.15, 0.2) is 11.4 Å². The predicted octanol–water partition coefficient (Wildman–Crippen LogP) is -0.297. The minimum atomic E-state index is -0.947. The van der Waals surface area contributed by atoms with Gasteiger partial charge in [-0.2, -0.15) is 10.2 Å². The Bertz CT molecular complexity index is 747. The summed E-state index contributed by atoms with van der Waals surface area (Å²) in [6.07, 6.45) is 2.93. The van der Waals surface area contributed by atoms with Crippen molar-refractivity contribution in [3.8, 4) is 0 Å². The van der Waals surface area contributed by atoms with E-state index < -0.39 is 17.8 Å². The summed E-state index contributed by atoms with van der Waals surface area (Å²) < 4.78 is 2.78. The molecule has 0 aliphatic rings. The van der Waals surface area contributed by atoms with E-state index in [1.807, 2.05) is 0 Å². The van der Waals surface area contributed by atoms with Gasteiger partial charge in [0.1, 0.15) is 0 Å². The van der Waals surface area contributed by atoms with E-state index in [2.05, 4.69) is 20.8 Å². The second-order valence-electron chi connectivity index (χ2n) is 4.71. The Morgan fingerprint density at radius 1 is 1.26 bits per heavy atom. The van der Waals surface area contributed by atoms with Crippen molar-refractivity contribution < 1.29 is 19.5 Å². The monoisotopic (exact) mass is 320 g/mol. The molecule has 3 N–H and O–H groups in total. The number of anilines is 1. The molecule has 0 aromatic carbocycles.